The van der Waals surface area contributed by atoms with Crippen molar-refractivity contribution in [2.24, 2.45) is 0 Å². The fourth-order valence-corrected chi connectivity index (χ4v) is 8.98. The molecule has 1 amide bonds. The molecule has 1 unspecified atom stereocenters. The zero-order valence-electron chi connectivity index (χ0n) is 20.6. The summed E-state index contributed by atoms with van der Waals surface area (Å²) >= 11 is 8.54. The maximum atomic E-state index is 14.3. The minimum Gasteiger partial charge on any atom is -0.282 e. The number of thiazole rings is 1. The fourth-order valence-electron chi connectivity index (χ4n) is 4.72. The molecule has 10 heteroatoms. The van der Waals surface area contributed by atoms with Crippen LogP contribution in [0.25, 0.3) is 10.2 Å². The number of aromatic nitrogens is 1. The lowest BCUT2D eigenvalue weighted by molar-refractivity contribution is -0.123. The maximum Gasteiger partial charge on any atom is 0.253 e. The Morgan fingerprint density at radius 1 is 1.08 bits per heavy atom. The molecule has 2 aromatic heterocycles. The third-order valence-electron chi connectivity index (χ3n) is 6.59. The molecule has 1 fully saturated rings. The average molecular weight is 574 g/mol. The van der Waals surface area contributed by atoms with E-state index in [4.69, 9.17) is 16.6 Å². The number of hydrogen-bond donors (Lipinski definition) is 0. The Morgan fingerprint density at radius 3 is 2.57 bits per heavy atom. The van der Waals surface area contributed by atoms with Gasteiger partial charge < -0.3 is 0 Å². The number of para-hydroxylation sites is 1. The largest absolute Gasteiger partial charge is 0.282 e. The number of piperidine rings is 1. The van der Waals surface area contributed by atoms with Crippen LogP contribution in [0.4, 0.5) is 5.13 Å². The Bertz CT molecular complexity index is 1520. The van der Waals surface area contributed by atoms with Crippen molar-refractivity contribution in [3.63, 3.8) is 0 Å². The van der Waals surface area contributed by atoms with E-state index >= 15 is 0 Å². The minimum atomic E-state index is -3.86. The number of sulfonamides is 1. The van der Waals surface area contributed by atoms with E-state index in [1.165, 1.54) is 21.7 Å². The van der Waals surface area contributed by atoms with E-state index in [0.717, 1.165) is 39.1 Å². The van der Waals surface area contributed by atoms with Gasteiger partial charge in [-0.3, -0.25) is 9.69 Å². The summed E-state index contributed by atoms with van der Waals surface area (Å²) in [4.78, 5) is 20.9. The van der Waals surface area contributed by atoms with E-state index in [9.17, 15) is 13.2 Å². The summed E-state index contributed by atoms with van der Waals surface area (Å²) in [5, 5.41) is 0.582. The molecule has 1 saturated heterocycles. The number of nitrogens with zero attached hydrogens (tertiary/aromatic N) is 3. The summed E-state index contributed by atoms with van der Waals surface area (Å²) in [5.74, 6) is 0.0356. The topological polar surface area (TPSA) is 70.6 Å². The van der Waals surface area contributed by atoms with Gasteiger partial charge in [-0.15, -0.1) is 11.3 Å². The lowest BCUT2D eigenvalue weighted by Crippen LogP contribution is -2.52. The SMILES string of the molecule is CC(C)c1cccc2sc(N(Cc3ccccc3)C(=O)C3CCCCN3S(=O)(=O)c3ccc(Cl)s3)nc12. The maximum absolute atomic E-state index is 14.3. The Kier molecular flexibility index (Phi) is 7.70. The van der Waals surface area contributed by atoms with Gasteiger partial charge in [0, 0.05) is 6.54 Å². The van der Waals surface area contributed by atoms with Crippen LogP contribution in [0, 0.1) is 0 Å². The summed E-state index contributed by atoms with van der Waals surface area (Å²) in [5.41, 5.74) is 2.97. The molecule has 3 heterocycles. The highest BCUT2D eigenvalue weighted by atomic mass is 35.5. The van der Waals surface area contributed by atoms with Crippen LogP contribution in [0.5, 0.6) is 0 Å². The quantitative estimate of drug-likeness (QED) is 0.241. The molecule has 0 aliphatic carbocycles. The molecular formula is C27H28ClN3O3S3. The van der Waals surface area contributed by atoms with Crippen LogP contribution in [-0.4, -0.2) is 36.2 Å². The van der Waals surface area contributed by atoms with Crippen molar-refractivity contribution >= 4 is 65.6 Å². The molecule has 194 valence electrons. The molecule has 0 spiro atoms. The van der Waals surface area contributed by atoms with Crippen LogP contribution < -0.4 is 4.90 Å². The molecule has 2 aromatic carbocycles. The van der Waals surface area contributed by atoms with Gasteiger partial charge in [0.2, 0.25) is 5.91 Å². The number of halogens is 1. The van der Waals surface area contributed by atoms with Crippen LogP contribution in [-0.2, 0) is 21.4 Å². The molecule has 37 heavy (non-hydrogen) atoms. The van der Waals surface area contributed by atoms with Crippen LogP contribution in [0.1, 0.15) is 50.2 Å². The van der Waals surface area contributed by atoms with E-state index < -0.39 is 16.1 Å². The van der Waals surface area contributed by atoms with Gasteiger partial charge >= 0.3 is 0 Å². The molecule has 0 radical (unpaired) electrons. The predicted octanol–water partition coefficient (Wildman–Crippen LogP) is 6.91. The lowest BCUT2D eigenvalue weighted by atomic mass is 10.0. The van der Waals surface area contributed by atoms with E-state index in [2.05, 4.69) is 19.9 Å². The van der Waals surface area contributed by atoms with Gasteiger partial charge in [0.1, 0.15) is 10.3 Å². The van der Waals surface area contributed by atoms with Crippen molar-refractivity contribution in [3.05, 3.63) is 76.1 Å². The van der Waals surface area contributed by atoms with Crippen molar-refractivity contribution in [1.82, 2.24) is 9.29 Å². The molecule has 4 aromatic rings. The first-order valence-electron chi connectivity index (χ1n) is 12.3. The highest BCUT2D eigenvalue weighted by Gasteiger charge is 2.41. The molecule has 1 aliphatic rings. The van der Waals surface area contributed by atoms with Gasteiger partial charge in [0.15, 0.2) is 5.13 Å². The van der Waals surface area contributed by atoms with E-state index in [1.807, 2.05) is 42.5 Å². The first kappa shape index (κ1) is 26.3. The highest BCUT2D eigenvalue weighted by Crippen LogP contribution is 2.37. The molecule has 5 rings (SSSR count). The Hall–Kier alpha value is -2.30. The number of carbonyl (C=O) groups is 1. The molecule has 0 N–H and O–H groups in total. The van der Waals surface area contributed by atoms with E-state index in [1.54, 1.807) is 11.0 Å². The van der Waals surface area contributed by atoms with Gasteiger partial charge in [0.05, 0.1) is 21.1 Å². The first-order valence-corrected chi connectivity index (χ1v) is 15.7. The second-order valence-corrected chi connectivity index (χ2v) is 14.3. The number of anilines is 1. The Labute approximate surface area is 230 Å². The number of carbonyl (C=O) groups excluding carboxylic acids is 1. The van der Waals surface area contributed by atoms with Crippen molar-refractivity contribution in [2.45, 2.75) is 55.8 Å². The summed E-state index contributed by atoms with van der Waals surface area (Å²) in [7, 11) is -3.86. The predicted molar refractivity (Wildman–Crippen MR) is 152 cm³/mol. The van der Waals surface area contributed by atoms with Gasteiger partial charge in [-0.1, -0.05) is 85.7 Å². The van der Waals surface area contributed by atoms with Crippen molar-refractivity contribution in [1.29, 1.82) is 0 Å². The second-order valence-electron chi connectivity index (χ2n) is 9.44. The fraction of sp³-hybridized carbons (Fsp3) is 0.333. The number of benzene rings is 2. The van der Waals surface area contributed by atoms with E-state index in [-0.39, 0.29) is 16.0 Å². The molecule has 6 nitrogen and oxygen atoms in total. The standard InChI is InChI=1S/C27H28ClN3O3S3/c1-18(2)20-11-8-13-22-25(20)29-27(35-22)30(17-19-9-4-3-5-10-19)26(32)21-12-6-7-16-31(21)37(33,34)24-15-14-23(28)36-24/h3-5,8-11,13-15,18,21H,6-7,12,16-17H2,1-2H3. The van der Waals surface area contributed by atoms with E-state index in [0.29, 0.717) is 35.4 Å². The third kappa shape index (κ3) is 5.33. The van der Waals surface area contributed by atoms with Crippen LogP contribution in [0.3, 0.4) is 0 Å². The number of thiophene rings is 1. The number of hydrogen-bond acceptors (Lipinski definition) is 6. The molecule has 0 saturated carbocycles. The summed E-state index contributed by atoms with van der Waals surface area (Å²) in [6.45, 7) is 4.86. The molecular weight excluding hydrogens is 546 g/mol. The minimum absolute atomic E-state index is 0.161. The number of rotatable bonds is 7. The smallest absolute Gasteiger partial charge is 0.253 e. The highest BCUT2D eigenvalue weighted by molar-refractivity contribution is 7.91. The van der Waals surface area contributed by atoms with Gasteiger partial charge in [0.25, 0.3) is 10.0 Å². The first-order chi connectivity index (χ1) is 17.8. The van der Waals surface area contributed by atoms with Crippen LogP contribution in [0.2, 0.25) is 4.34 Å². The van der Waals surface area contributed by atoms with Crippen LogP contribution in [0.15, 0.2) is 64.9 Å². The van der Waals surface area contributed by atoms with Crippen molar-refractivity contribution in [2.75, 3.05) is 11.4 Å². The summed E-state index contributed by atoms with van der Waals surface area (Å²) < 4.78 is 30.1. The monoisotopic (exact) mass is 573 g/mol. The summed E-state index contributed by atoms with van der Waals surface area (Å²) in [6.07, 6.45) is 1.95. The summed E-state index contributed by atoms with van der Waals surface area (Å²) in [6, 6.07) is 18.1. The van der Waals surface area contributed by atoms with Gasteiger partial charge in [-0.05, 0) is 48.1 Å². The zero-order chi connectivity index (χ0) is 26.2. The number of fused-ring (bicyclic) bond motifs is 1. The van der Waals surface area contributed by atoms with Crippen LogP contribution >= 0.6 is 34.3 Å². The molecule has 1 atom stereocenters. The average Bonchev–Trinajstić information content (AvgIpc) is 3.54. The third-order valence-corrected chi connectivity index (χ3v) is 11.2. The second kappa shape index (κ2) is 10.8. The Morgan fingerprint density at radius 2 is 1.86 bits per heavy atom. The van der Waals surface area contributed by atoms with Gasteiger partial charge in [-0.2, -0.15) is 4.31 Å². The van der Waals surface area contributed by atoms with Gasteiger partial charge in [-0.25, -0.2) is 13.4 Å². The number of amides is 1. The van der Waals surface area contributed by atoms with Crippen molar-refractivity contribution in [3.8, 4) is 0 Å². The zero-order valence-corrected chi connectivity index (χ0v) is 23.8. The van der Waals surface area contributed by atoms with Crippen molar-refractivity contribution < 1.29 is 13.2 Å². The lowest BCUT2D eigenvalue weighted by Gasteiger charge is -2.36. The Balaban J connectivity index is 1.56. The molecule has 1 aliphatic heterocycles. The molecule has 0 bridgehead atoms. The normalized spacial score (nSPS) is 16.9.